The van der Waals surface area contributed by atoms with Crippen molar-refractivity contribution in [3.05, 3.63) is 76.7 Å². The molecule has 0 amide bonds. The Hall–Kier alpha value is -3.86. The number of nitrogens with one attached hydrogen (secondary N) is 3. The van der Waals surface area contributed by atoms with Crippen molar-refractivity contribution in [2.75, 3.05) is 44.4 Å². The molecule has 1 atom stereocenters. The highest BCUT2D eigenvalue weighted by Gasteiger charge is 2.30. The number of benzene rings is 2. The average molecular weight is 592 g/mol. The van der Waals surface area contributed by atoms with E-state index >= 15 is 0 Å². The van der Waals surface area contributed by atoms with Crippen LogP contribution in [0.4, 0.5) is 11.6 Å². The van der Waals surface area contributed by atoms with Crippen molar-refractivity contribution < 1.29 is 0 Å². The van der Waals surface area contributed by atoms with E-state index in [0.717, 1.165) is 60.7 Å². The number of nitrogens with zero attached hydrogens (tertiary/aromatic N) is 7. The maximum atomic E-state index is 9.01. The van der Waals surface area contributed by atoms with Gasteiger partial charge in [0.2, 0.25) is 5.95 Å². The third kappa shape index (κ3) is 5.30. The standard InChI is InChI=1S/C29H32Cl2N10/c1-38(2)13-14-39(3)19-8-6-18(7-9-19)20-15-22(30)21-16-41(37-25(21)24(20)31)27(28(32)36-29-33-10-11-34-29)26-23-5-4-12-40(23)17-35-26/h6-11,15-17,27H,4-5,12-14H2,1-3H3,(H3,32,33,34,36). The van der Waals surface area contributed by atoms with Gasteiger partial charge in [-0.25, -0.2) is 9.97 Å². The van der Waals surface area contributed by atoms with Gasteiger partial charge in [0.1, 0.15) is 11.4 Å². The van der Waals surface area contributed by atoms with Gasteiger partial charge >= 0.3 is 0 Å². The van der Waals surface area contributed by atoms with Crippen LogP contribution in [0, 0.1) is 5.41 Å². The van der Waals surface area contributed by atoms with Crippen LogP contribution < -0.4 is 10.2 Å². The fourth-order valence-corrected chi connectivity index (χ4v) is 5.85. The van der Waals surface area contributed by atoms with Gasteiger partial charge < -0.3 is 24.7 Å². The number of amidine groups is 1. The molecular weight excluding hydrogens is 559 g/mol. The van der Waals surface area contributed by atoms with Crippen LogP contribution >= 0.6 is 23.2 Å². The third-order valence-corrected chi connectivity index (χ3v) is 8.24. The molecule has 3 aromatic heterocycles. The second-order valence-corrected chi connectivity index (χ2v) is 11.4. The summed E-state index contributed by atoms with van der Waals surface area (Å²) in [5.41, 5.74) is 5.35. The first-order valence-corrected chi connectivity index (χ1v) is 14.3. The number of aromatic amines is 1. The lowest BCUT2D eigenvalue weighted by Gasteiger charge is -2.21. The van der Waals surface area contributed by atoms with Crippen LogP contribution in [0.25, 0.3) is 22.0 Å². The number of hydrogen-bond acceptors (Lipinski definition) is 6. The fourth-order valence-electron chi connectivity index (χ4n) is 5.30. The molecule has 0 radical (unpaired) electrons. The molecule has 212 valence electrons. The van der Waals surface area contributed by atoms with Crippen molar-refractivity contribution >= 4 is 51.6 Å². The normalized spacial score (nSPS) is 13.6. The van der Waals surface area contributed by atoms with Crippen molar-refractivity contribution in [1.82, 2.24) is 34.2 Å². The van der Waals surface area contributed by atoms with Crippen molar-refractivity contribution in [2.24, 2.45) is 0 Å². The summed E-state index contributed by atoms with van der Waals surface area (Å²) >= 11 is 13.9. The molecule has 0 aliphatic carbocycles. The highest BCUT2D eigenvalue weighted by Crippen LogP contribution is 2.39. The second kappa shape index (κ2) is 11.2. The van der Waals surface area contributed by atoms with Crippen LogP contribution in [-0.4, -0.2) is 74.3 Å². The van der Waals surface area contributed by atoms with E-state index in [2.05, 4.69) is 75.1 Å². The lowest BCUT2D eigenvalue weighted by Crippen LogP contribution is -2.28. The maximum absolute atomic E-state index is 9.01. The quantitative estimate of drug-likeness (QED) is 0.153. The number of hydrogen-bond donors (Lipinski definition) is 3. The lowest BCUT2D eigenvalue weighted by molar-refractivity contribution is 0.416. The predicted molar refractivity (Wildman–Crippen MR) is 166 cm³/mol. The summed E-state index contributed by atoms with van der Waals surface area (Å²) in [5.74, 6) is 0.657. The summed E-state index contributed by atoms with van der Waals surface area (Å²) in [4.78, 5) is 16.3. The number of halogens is 2. The van der Waals surface area contributed by atoms with Gasteiger partial charge in [-0.05, 0) is 50.7 Å². The van der Waals surface area contributed by atoms with E-state index in [0.29, 0.717) is 26.9 Å². The van der Waals surface area contributed by atoms with Crippen molar-refractivity contribution in [3.63, 3.8) is 0 Å². The Morgan fingerprint density at radius 1 is 1.15 bits per heavy atom. The summed E-state index contributed by atoms with van der Waals surface area (Å²) in [6.07, 6.45) is 8.97. The molecule has 1 aliphatic heterocycles. The summed E-state index contributed by atoms with van der Waals surface area (Å²) in [6.45, 7) is 2.81. The predicted octanol–water partition coefficient (Wildman–Crippen LogP) is 5.55. The molecule has 1 unspecified atom stereocenters. The van der Waals surface area contributed by atoms with E-state index in [4.69, 9.17) is 38.7 Å². The highest BCUT2D eigenvalue weighted by molar-refractivity contribution is 6.42. The summed E-state index contributed by atoms with van der Waals surface area (Å²) in [5, 5.41) is 18.8. The number of fused-ring (bicyclic) bond motifs is 2. The number of aromatic nitrogens is 6. The Bertz CT molecular complexity index is 1680. The molecule has 5 aromatic rings. The minimum atomic E-state index is -0.616. The molecule has 6 rings (SSSR count). The SMILES string of the molecule is CN(C)CCN(C)c1ccc(-c2cc(Cl)c3cn(C(C(=N)Nc4ncc[nH]4)c4ncn5c4CCC5)nc3c2Cl)cc1. The van der Waals surface area contributed by atoms with Crippen LogP contribution in [0.1, 0.15) is 23.9 Å². The van der Waals surface area contributed by atoms with E-state index in [1.165, 1.54) is 0 Å². The van der Waals surface area contributed by atoms with Crippen LogP contribution in [-0.2, 0) is 13.0 Å². The topological polar surface area (TPSA) is 107 Å². The van der Waals surface area contributed by atoms with Crippen LogP contribution in [0.3, 0.4) is 0 Å². The van der Waals surface area contributed by atoms with E-state index in [9.17, 15) is 0 Å². The Morgan fingerprint density at radius 3 is 2.68 bits per heavy atom. The van der Waals surface area contributed by atoms with Gasteiger partial charge in [-0.15, -0.1) is 0 Å². The molecule has 0 fully saturated rings. The van der Waals surface area contributed by atoms with Crippen molar-refractivity contribution in [1.29, 1.82) is 5.41 Å². The smallest absolute Gasteiger partial charge is 0.205 e. The molecule has 12 heteroatoms. The van der Waals surface area contributed by atoms with E-state index < -0.39 is 6.04 Å². The molecule has 4 heterocycles. The van der Waals surface area contributed by atoms with Crippen molar-refractivity contribution in [2.45, 2.75) is 25.4 Å². The summed E-state index contributed by atoms with van der Waals surface area (Å²) < 4.78 is 3.88. The molecule has 2 aromatic carbocycles. The van der Waals surface area contributed by atoms with Crippen LogP contribution in [0.15, 0.2) is 55.2 Å². The zero-order chi connectivity index (χ0) is 28.7. The van der Waals surface area contributed by atoms with E-state index in [1.807, 2.05) is 18.6 Å². The molecule has 10 nitrogen and oxygen atoms in total. The van der Waals surface area contributed by atoms with Gasteiger partial charge in [0.25, 0.3) is 0 Å². The Labute approximate surface area is 248 Å². The first-order valence-electron chi connectivity index (χ1n) is 13.5. The monoisotopic (exact) mass is 590 g/mol. The number of anilines is 2. The molecule has 0 saturated heterocycles. The number of rotatable bonds is 9. The zero-order valence-electron chi connectivity index (χ0n) is 23.2. The molecular formula is C29H32Cl2N10. The van der Waals surface area contributed by atoms with Gasteiger partial charge in [-0.3, -0.25) is 10.1 Å². The number of aryl methyl sites for hydroxylation is 1. The van der Waals surface area contributed by atoms with Crippen molar-refractivity contribution in [3.8, 4) is 11.1 Å². The van der Waals surface area contributed by atoms with Gasteiger partial charge in [-0.1, -0.05) is 35.3 Å². The van der Waals surface area contributed by atoms with E-state index in [-0.39, 0.29) is 5.84 Å². The van der Waals surface area contributed by atoms with Gasteiger partial charge in [0.05, 0.1) is 22.1 Å². The summed E-state index contributed by atoms with van der Waals surface area (Å²) in [6, 6.07) is 9.57. The minimum Gasteiger partial charge on any atom is -0.373 e. The molecule has 1 aliphatic rings. The van der Waals surface area contributed by atoms with Gasteiger partial charge in [-0.2, -0.15) is 5.10 Å². The Balaban J connectivity index is 1.37. The minimum absolute atomic E-state index is 0.183. The lowest BCUT2D eigenvalue weighted by atomic mass is 10.0. The van der Waals surface area contributed by atoms with Gasteiger partial charge in [0.15, 0.2) is 6.04 Å². The first kappa shape index (κ1) is 27.3. The average Bonchev–Trinajstić information content (AvgIpc) is 3.76. The largest absolute Gasteiger partial charge is 0.373 e. The maximum Gasteiger partial charge on any atom is 0.205 e. The van der Waals surface area contributed by atoms with Gasteiger partial charge in [0, 0.05) is 67.6 Å². The Morgan fingerprint density at radius 2 is 1.95 bits per heavy atom. The number of likely N-dealkylation sites (N-methyl/N-ethyl adjacent to an activating group) is 2. The first-order chi connectivity index (χ1) is 19.8. The van der Waals surface area contributed by atoms with Crippen LogP contribution in [0.2, 0.25) is 10.0 Å². The second-order valence-electron chi connectivity index (χ2n) is 10.6. The third-order valence-electron chi connectivity index (χ3n) is 7.55. The highest BCUT2D eigenvalue weighted by atomic mass is 35.5. The molecule has 0 spiro atoms. The number of H-pyrrole nitrogens is 1. The molecule has 0 bridgehead atoms. The van der Waals surface area contributed by atoms with E-state index in [1.54, 1.807) is 17.1 Å². The molecule has 3 N–H and O–H groups in total. The fraction of sp³-hybridized carbons (Fsp3) is 0.310. The number of imidazole rings is 2. The zero-order valence-corrected chi connectivity index (χ0v) is 24.7. The molecule has 0 saturated carbocycles. The van der Waals surface area contributed by atoms with Crippen LogP contribution in [0.5, 0.6) is 0 Å². The Kier molecular flexibility index (Phi) is 7.46. The molecule has 41 heavy (non-hydrogen) atoms. The summed E-state index contributed by atoms with van der Waals surface area (Å²) in [7, 11) is 6.23.